The molecule has 0 radical (unpaired) electrons. The molecule has 4 amide bonds. The van der Waals surface area contributed by atoms with Gasteiger partial charge >= 0.3 is 0 Å². The summed E-state index contributed by atoms with van der Waals surface area (Å²) in [5, 5.41) is 19.6. The number of carbonyl (C=O) groups is 4. The van der Waals surface area contributed by atoms with Gasteiger partial charge in [0.2, 0.25) is 11.8 Å². The number of carbonyl (C=O) groups excluding carboxylic acids is 4. The van der Waals surface area contributed by atoms with E-state index >= 15 is 0 Å². The lowest BCUT2D eigenvalue weighted by Crippen LogP contribution is -2.52. The molecular weight excluding hydrogens is 1190 g/mol. The Morgan fingerprint density at radius 3 is 2.48 bits per heavy atom. The van der Waals surface area contributed by atoms with Crippen molar-refractivity contribution in [2.45, 2.75) is 100 Å². The molecule has 470 valence electrons. The van der Waals surface area contributed by atoms with Crippen molar-refractivity contribution in [2.75, 3.05) is 95.0 Å². The minimum absolute atomic E-state index is 0.0470. The summed E-state index contributed by atoms with van der Waals surface area (Å²) in [6, 6.07) is 25.7. The number of imide groups is 1. The first-order valence-corrected chi connectivity index (χ1v) is 33.8. The third-order valence-corrected chi connectivity index (χ3v) is 20.9. The number of nitrogens with zero attached hydrogens (tertiary/aromatic N) is 7. The highest BCUT2D eigenvalue weighted by Gasteiger charge is 2.40. The number of amides is 4. The van der Waals surface area contributed by atoms with E-state index in [2.05, 4.69) is 78.0 Å². The van der Waals surface area contributed by atoms with Crippen LogP contribution in [-0.4, -0.2) is 157 Å². The Labute approximate surface area is 529 Å². The number of pyridine rings is 1. The second kappa shape index (κ2) is 27.8. The number of fused-ring (bicyclic) bond motifs is 2. The zero-order valence-electron chi connectivity index (χ0n) is 50.7. The number of piperazine rings is 1. The van der Waals surface area contributed by atoms with Gasteiger partial charge in [-0.3, -0.25) is 39.5 Å². The Morgan fingerprint density at radius 1 is 0.910 bits per heavy atom. The molecule has 20 nitrogen and oxygen atoms in total. The first-order chi connectivity index (χ1) is 42.8. The number of sulfonamides is 1. The van der Waals surface area contributed by atoms with Crippen molar-refractivity contribution in [3.63, 3.8) is 0 Å². The predicted octanol–water partition coefficient (Wildman–Crippen LogP) is 10.6. The van der Waals surface area contributed by atoms with Crippen LogP contribution in [0.15, 0.2) is 119 Å². The minimum atomic E-state index is -4.62. The van der Waals surface area contributed by atoms with Crippen LogP contribution in [0.4, 0.5) is 17.1 Å². The zero-order valence-corrected chi connectivity index (χ0v) is 53.1. The first kappa shape index (κ1) is 63.2. The fraction of sp³-hybridized carbons (Fsp3) is 0.439. The first-order valence-electron chi connectivity index (χ1n) is 30.9. The number of aromatic nitrogens is 2. The third kappa shape index (κ3) is 15.5. The number of benzene rings is 4. The molecule has 23 heteroatoms. The average Bonchev–Trinajstić information content (AvgIpc) is 2.29. The van der Waals surface area contributed by atoms with Gasteiger partial charge in [0.25, 0.3) is 27.5 Å². The van der Waals surface area contributed by atoms with E-state index in [9.17, 15) is 37.7 Å². The maximum atomic E-state index is 14.2. The number of halogens is 1. The summed E-state index contributed by atoms with van der Waals surface area (Å²) in [4.78, 5) is 82.8. The summed E-state index contributed by atoms with van der Waals surface area (Å²) >= 11 is 8.02. The van der Waals surface area contributed by atoms with Gasteiger partial charge in [-0.2, -0.15) is 0 Å². The molecule has 6 heterocycles. The van der Waals surface area contributed by atoms with E-state index in [1.54, 1.807) is 47.1 Å². The molecule has 11 rings (SSSR count). The van der Waals surface area contributed by atoms with Crippen molar-refractivity contribution < 1.29 is 37.3 Å². The monoisotopic (exact) mass is 1270 g/mol. The molecule has 89 heavy (non-hydrogen) atoms. The number of hydrogen-bond acceptors (Lipinski definition) is 16. The highest BCUT2D eigenvalue weighted by Crippen LogP contribution is 2.44. The Morgan fingerprint density at radius 2 is 1.71 bits per heavy atom. The minimum Gasteiger partial charge on any atom is -0.455 e. The normalized spacial score (nSPS) is 18.6. The van der Waals surface area contributed by atoms with Crippen LogP contribution in [0.1, 0.15) is 110 Å². The molecule has 0 bridgehead atoms. The number of thioether (sulfide) groups is 1. The molecule has 3 fully saturated rings. The molecule has 6 aromatic rings. The number of nitro groups is 1. The largest absolute Gasteiger partial charge is 0.455 e. The molecule has 4 aromatic carbocycles. The Kier molecular flexibility index (Phi) is 19.8. The number of anilines is 2. The summed E-state index contributed by atoms with van der Waals surface area (Å²) in [5.41, 5.74) is 7.07. The summed E-state index contributed by atoms with van der Waals surface area (Å²) in [6.07, 6.45) is 12.0. The van der Waals surface area contributed by atoms with Crippen molar-refractivity contribution in [2.24, 2.45) is 11.3 Å². The van der Waals surface area contributed by atoms with Crippen molar-refractivity contribution in [1.82, 2.24) is 39.6 Å². The number of aromatic amines is 1. The second-order valence-electron chi connectivity index (χ2n) is 25.0. The number of rotatable bonds is 24. The number of ether oxygens (including phenoxy) is 1. The molecule has 1 unspecified atom stereocenters. The molecule has 4 N–H and O–H groups in total. The standard InChI is InChI=1S/C66H78ClN11O9S2/c1-66(2)24-20-47(54(39-66)45-10-12-48(67)13-11-45)42-75-31-33-76(34-32-75)49-14-16-53(59(37-49)87-50-36-46-21-25-68-62(46)70-41-50)63(80)72-89(85,86)51-15-17-56(58(38-51)78(83)84)69-40-44-22-27-74(28-23-44)30-29-73(3)26-5-4-6-35-88-60-9-7-8-52-55(60)43-77(65(52)82)57-18-19-61(79)71-64(57)81/h7-17,21,25,36-38,41,44,57,69H,4-6,18-20,22-24,26-35,39-40,42-43H2,1-3H3,(H,68,70)(H,72,80)(H,71,79,81). The Balaban J connectivity index is 0.642. The topological polar surface area (TPSA) is 236 Å². The lowest BCUT2D eigenvalue weighted by molar-refractivity contribution is -0.384. The average molecular weight is 1270 g/mol. The number of nitro benzene ring substituents is 1. The van der Waals surface area contributed by atoms with Crippen LogP contribution in [0.2, 0.25) is 5.02 Å². The van der Waals surface area contributed by atoms with Crippen molar-refractivity contribution in [3.05, 3.63) is 146 Å². The van der Waals surface area contributed by atoms with Crippen LogP contribution in [-0.2, 0) is 26.2 Å². The van der Waals surface area contributed by atoms with Crippen LogP contribution < -0.4 is 25.0 Å². The smallest absolute Gasteiger partial charge is 0.293 e. The molecule has 2 aromatic heterocycles. The van der Waals surface area contributed by atoms with Gasteiger partial charge in [-0.15, -0.1) is 11.8 Å². The number of allylic oxidation sites excluding steroid dienone is 1. The number of nitrogens with one attached hydrogen (secondary N) is 4. The van der Waals surface area contributed by atoms with E-state index in [0.717, 1.165) is 142 Å². The van der Waals surface area contributed by atoms with Gasteiger partial charge in [-0.25, -0.2) is 18.1 Å². The number of unbranched alkanes of at least 4 members (excludes halogenated alkanes) is 2. The molecule has 5 aliphatic rings. The Hall–Kier alpha value is -7.34. The van der Waals surface area contributed by atoms with Crippen molar-refractivity contribution in [1.29, 1.82) is 0 Å². The summed E-state index contributed by atoms with van der Waals surface area (Å²) in [7, 11) is -2.47. The molecule has 0 spiro atoms. The lowest BCUT2D eigenvalue weighted by atomic mass is 9.72. The van der Waals surface area contributed by atoms with Gasteiger partial charge in [-0.05, 0) is 172 Å². The van der Waals surface area contributed by atoms with Gasteiger partial charge in [0.05, 0.1) is 21.6 Å². The molecule has 1 aliphatic carbocycles. The molecule has 3 saturated heterocycles. The maximum absolute atomic E-state index is 14.2. The van der Waals surface area contributed by atoms with Gasteiger partial charge in [-0.1, -0.05) is 55.6 Å². The van der Waals surface area contributed by atoms with E-state index in [1.165, 1.54) is 35.0 Å². The number of likely N-dealkylation sites (N-methyl/N-ethyl adjacent to an activating group) is 1. The fourth-order valence-corrected chi connectivity index (χ4v) is 15.0. The number of hydrogen-bond donors (Lipinski definition) is 4. The van der Waals surface area contributed by atoms with E-state index < -0.39 is 43.4 Å². The fourth-order valence-electron chi connectivity index (χ4n) is 12.8. The van der Waals surface area contributed by atoms with Gasteiger partial charge in [0, 0.05) is 110 Å². The number of piperidine rings is 2. The zero-order chi connectivity index (χ0) is 62.4. The van der Waals surface area contributed by atoms with E-state index in [0.29, 0.717) is 49.6 Å². The highest BCUT2D eigenvalue weighted by atomic mass is 35.5. The number of H-pyrrole nitrogens is 1. The lowest BCUT2D eigenvalue weighted by Gasteiger charge is -2.39. The summed E-state index contributed by atoms with van der Waals surface area (Å²) in [6.45, 7) is 14.1. The maximum Gasteiger partial charge on any atom is 0.293 e. The Bertz CT molecular complexity index is 3770. The van der Waals surface area contributed by atoms with E-state index in [1.807, 2.05) is 36.4 Å². The van der Waals surface area contributed by atoms with Gasteiger partial charge in [0.15, 0.2) is 0 Å². The number of likely N-dealkylation sites (tertiary alicyclic amines) is 1. The molecule has 1 atom stereocenters. The van der Waals surface area contributed by atoms with Crippen LogP contribution in [0.25, 0.3) is 16.6 Å². The van der Waals surface area contributed by atoms with Crippen LogP contribution >= 0.6 is 23.4 Å². The summed E-state index contributed by atoms with van der Waals surface area (Å²) in [5.74, 6) is -0.180. The molecular formula is C66H78ClN11O9S2. The quantitative estimate of drug-likeness (QED) is 0.0145. The van der Waals surface area contributed by atoms with Crippen LogP contribution in [0, 0.1) is 21.4 Å². The van der Waals surface area contributed by atoms with E-state index in [4.69, 9.17) is 16.3 Å². The third-order valence-electron chi connectivity index (χ3n) is 18.1. The molecule has 4 aliphatic heterocycles. The summed E-state index contributed by atoms with van der Waals surface area (Å²) < 4.78 is 36.5. The second-order valence-corrected chi connectivity index (χ2v) is 28.2. The predicted molar refractivity (Wildman–Crippen MR) is 347 cm³/mol. The highest BCUT2D eigenvalue weighted by molar-refractivity contribution is 7.99. The van der Waals surface area contributed by atoms with E-state index in [-0.39, 0.29) is 46.6 Å². The van der Waals surface area contributed by atoms with Crippen molar-refractivity contribution >= 4 is 90.7 Å². The van der Waals surface area contributed by atoms with Gasteiger partial charge < -0.3 is 34.6 Å². The SMILES string of the molecule is CN(CCCCCSc1cccc2c1CN(C1CCC(=O)NC1=O)C2=O)CCN1CCC(CNc2ccc(S(=O)(=O)NC(=O)c3ccc(N4CCN(CC5=C(c6ccc(Cl)cc6)CC(C)(C)CC5)CC4)cc3Oc3cnc4[nH]ccc4c3)cc2[N+](=O)[O-])CC1. The van der Waals surface area contributed by atoms with Gasteiger partial charge in [0.1, 0.15) is 28.9 Å². The van der Waals surface area contributed by atoms with Crippen molar-refractivity contribution in [3.8, 4) is 11.5 Å². The molecule has 0 saturated carbocycles. The van der Waals surface area contributed by atoms with Crippen LogP contribution in [0.3, 0.4) is 0 Å². The van der Waals surface area contributed by atoms with Crippen LogP contribution in [0.5, 0.6) is 11.5 Å².